The Morgan fingerprint density at radius 2 is 1.96 bits per heavy atom. The lowest BCUT2D eigenvalue weighted by Gasteiger charge is -2.31. The molecule has 1 aliphatic rings. The lowest BCUT2D eigenvalue weighted by Crippen LogP contribution is -2.41. The van der Waals surface area contributed by atoms with Gasteiger partial charge in [0.1, 0.15) is 0 Å². The molecule has 0 radical (unpaired) electrons. The van der Waals surface area contributed by atoms with Gasteiger partial charge in [-0.25, -0.2) is 8.42 Å². The molecule has 1 saturated heterocycles. The Bertz CT molecular complexity index is 689. The summed E-state index contributed by atoms with van der Waals surface area (Å²) in [5.74, 6) is -0.628. The van der Waals surface area contributed by atoms with Gasteiger partial charge in [0, 0.05) is 25.3 Å². The van der Waals surface area contributed by atoms with Crippen LogP contribution in [-0.4, -0.2) is 51.0 Å². The minimum Gasteiger partial charge on any atom is -0.378 e. The van der Waals surface area contributed by atoms with Crippen LogP contribution in [0, 0.1) is 6.92 Å². The van der Waals surface area contributed by atoms with Crippen LogP contribution < -0.4 is 11.5 Å². The summed E-state index contributed by atoms with van der Waals surface area (Å²) < 4.78 is 32.6. The van der Waals surface area contributed by atoms with Crippen LogP contribution in [0.25, 0.3) is 0 Å². The third kappa shape index (κ3) is 5.39. The van der Waals surface area contributed by atoms with Crippen LogP contribution in [0.1, 0.15) is 35.2 Å². The highest BCUT2D eigenvalue weighted by molar-refractivity contribution is 7.89. The van der Waals surface area contributed by atoms with Crippen LogP contribution in [0.4, 0.5) is 0 Å². The molecule has 0 aliphatic carbocycles. The molecule has 0 unspecified atom stereocenters. The molecule has 2 rings (SSSR count). The second kappa shape index (κ2) is 9.49. The van der Waals surface area contributed by atoms with E-state index in [2.05, 4.69) is 0 Å². The van der Waals surface area contributed by atoms with E-state index in [4.69, 9.17) is 16.2 Å². The molecule has 0 bridgehead atoms. The van der Waals surface area contributed by atoms with E-state index in [0.29, 0.717) is 44.6 Å². The lowest BCUT2D eigenvalue weighted by molar-refractivity contribution is 0.0209. The number of nitrogens with zero attached hydrogens (tertiary/aromatic N) is 1. The molecule has 1 heterocycles. The van der Waals surface area contributed by atoms with E-state index in [1.165, 1.54) is 16.4 Å². The summed E-state index contributed by atoms with van der Waals surface area (Å²) in [5.41, 5.74) is 11.6. The average molecular weight is 392 g/mol. The molecule has 1 aromatic carbocycles. The first-order valence-corrected chi connectivity index (χ1v) is 9.52. The van der Waals surface area contributed by atoms with Gasteiger partial charge in [0.15, 0.2) is 0 Å². The molecule has 1 aromatic rings. The Labute approximate surface area is 155 Å². The second-order valence-electron chi connectivity index (χ2n) is 5.96. The maximum Gasteiger partial charge on any atom is 0.249 e. The summed E-state index contributed by atoms with van der Waals surface area (Å²) in [7, 11) is -3.63. The molecule has 1 aliphatic heterocycles. The van der Waals surface area contributed by atoms with Crippen LogP contribution in [0.15, 0.2) is 23.1 Å². The zero-order valence-corrected chi connectivity index (χ0v) is 15.9. The smallest absolute Gasteiger partial charge is 0.249 e. The Morgan fingerprint density at radius 3 is 2.52 bits per heavy atom. The fourth-order valence-electron chi connectivity index (χ4n) is 2.75. The van der Waals surface area contributed by atoms with Crippen LogP contribution in [0.5, 0.6) is 0 Å². The van der Waals surface area contributed by atoms with E-state index in [-0.39, 0.29) is 29.0 Å². The molecule has 1 amide bonds. The highest BCUT2D eigenvalue weighted by Crippen LogP contribution is 2.24. The SMILES string of the molecule is Cc1ccc(S(=O)(=O)N2CCC(OCCCN)CC2)cc1C(N)=O.Cl. The van der Waals surface area contributed by atoms with Crippen molar-refractivity contribution in [3.05, 3.63) is 29.3 Å². The third-order valence-corrected chi connectivity index (χ3v) is 6.11. The van der Waals surface area contributed by atoms with E-state index in [1.807, 2.05) is 0 Å². The van der Waals surface area contributed by atoms with Gasteiger partial charge < -0.3 is 16.2 Å². The number of carbonyl (C=O) groups is 1. The van der Waals surface area contributed by atoms with Gasteiger partial charge in [0.2, 0.25) is 15.9 Å². The number of nitrogens with two attached hydrogens (primary N) is 2. The highest BCUT2D eigenvalue weighted by atomic mass is 35.5. The number of benzene rings is 1. The number of amides is 1. The van der Waals surface area contributed by atoms with Crippen molar-refractivity contribution in [3.8, 4) is 0 Å². The number of halogens is 1. The third-order valence-electron chi connectivity index (χ3n) is 4.22. The van der Waals surface area contributed by atoms with Crippen LogP contribution >= 0.6 is 12.4 Å². The summed E-state index contributed by atoms with van der Waals surface area (Å²) in [5, 5.41) is 0. The molecule has 142 valence electrons. The molecule has 0 saturated carbocycles. The summed E-state index contributed by atoms with van der Waals surface area (Å²) in [6.07, 6.45) is 2.18. The molecule has 0 spiro atoms. The first-order chi connectivity index (χ1) is 11.4. The van der Waals surface area contributed by atoms with Crippen molar-refractivity contribution >= 4 is 28.3 Å². The van der Waals surface area contributed by atoms with Gasteiger partial charge in [-0.3, -0.25) is 4.79 Å². The molecule has 1 fully saturated rings. The Balaban J connectivity index is 0.00000312. The van der Waals surface area contributed by atoms with Crippen molar-refractivity contribution in [1.29, 1.82) is 0 Å². The Hall–Kier alpha value is -1.19. The number of hydrogen-bond acceptors (Lipinski definition) is 5. The standard InChI is InChI=1S/C16H25N3O4S.ClH/c1-12-3-4-14(11-15(12)16(18)20)24(21,22)19-8-5-13(6-9-19)23-10-2-7-17;/h3-4,11,13H,2,5-10,17H2,1H3,(H2,18,20);1H. The quantitative estimate of drug-likeness (QED) is 0.673. The maximum atomic E-state index is 12.8. The molecule has 7 nitrogen and oxygen atoms in total. The van der Waals surface area contributed by atoms with E-state index in [9.17, 15) is 13.2 Å². The lowest BCUT2D eigenvalue weighted by atomic mass is 10.1. The van der Waals surface area contributed by atoms with Gasteiger partial charge in [-0.15, -0.1) is 12.4 Å². The monoisotopic (exact) mass is 391 g/mol. The van der Waals surface area contributed by atoms with E-state index in [1.54, 1.807) is 13.0 Å². The molecule has 0 aromatic heterocycles. The molecule has 0 atom stereocenters. The number of primary amides is 1. The topological polar surface area (TPSA) is 116 Å². The summed E-state index contributed by atoms with van der Waals surface area (Å²) in [6, 6.07) is 4.48. The van der Waals surface area contributed by atoms with Gasteiger partial charge in [-0.05, 0) is 50.4 Å². The van der Waals surface area contributed by atoms with Crippen LogP contribution in [0.2, 0.25) is 0 Å². The number of rotatable bonds is 7. The fourth-order valence-corrected chi connectivity index (χ4v) is 4.25. The number of sulfonamides is 1. The van der Waals surface area contributed by atoms with Gasteiger partial charge >= 0.3 is 0 Å². The van der Waals surface area contributed by atoms with Crippen molar-refractivity contribution in [2.75, 3.05) is 26.2 Å². The molecule has 9 heteroatoms. The predicted molar refractivity (Wildman–Crippen MR) is 98.3 cm³/mol. The number of aryl methyl sites for hydroxylation is 1. The van der Waals surface area contributed by atoms with Gasteiger partial charge in [-0.2, -0.15) is 4.31 Å². The maximum absolute atomic E-state index is 12.8. The van der Waals surface area contributed by atoms with Crippen molar-refractivity contribution in [3.63, 3.8) is 0 Å². The molecule has 4 N–H and O–H groups in total. The Morgan fingerprint density at radius 1 is 1.32 bits per heavy atom. The number of hydrogen-bond donors (Lipinski definition) is 2. The summed E-state index contributed by atoms with van der Waals surface area (Å²) in [4.78, 5) is 11.5. The fraction of sp³-hybridized carbons (Fsp3) is 0.562. The minimum absolute atomic E-state index is 0. The summed E-state index contributed by atoms with van der Waals surface area (Å²) >= 11 is 0. The van der Waals surface area contributed by atoms with Gasteiger partial charge in [0.25, 0.3) is 0 Å². The van der Waals surface area contributed by atoms with Crippen molar-refractivity contribution in [1.82, 2.24) is 4.31 Å². The zero-order chi connectivity index (χ0) is 17.7. The van der Waals surface area contributed by atoms with E-state index in [0.717, 1.165) is 6.42 Å². The molecule has 25 heavy (non-hydrogen) atoms. The Kier molecular flexibility index (Phi) is 8.30. The van der Waals surface area contributed by atoms with Crippen LogP contribution in [0.3, 0.4) is 0 Å². The second-order valence-corrected chi connectivity index (χ2v) is 7.90. The van der Waals surface area contributed by atoms with Gasteiger partial charge in [0.05, 0.1) is 11.0 Å². The number of piperidine rings is 1. The molecular weight excluding hydrogens is 366 g/mol. The largest absolute Gasteiger partial charge is 0.378 e. The van der Waals surface area contributed by atoms with Gasteiger partial charge in [-0.1, -0.05) is 6.07 Å². The average Bonchev–Trinajstić information content (AvgIpc) is 2.55. The van der Waals surface area contributed by atoms with Crippen molar-refractivity contribution in [2.24, 2.45) is 11.5 Å². The number of carbonyl (C=O) groups excluding carboxylic acids is 1. The summed E-state index contributed by atoms with van der Waals surface area (Å²) in [6.45, 7) is 3.71. The van der Waals surface area contributed by atoms with E-state index < -0.39 is 15.9 Å². The first kappa shape index (κ1) is 21.9. The zero-order valence-electron chi connectivity index (χ0n) is 14.3. The normalized spacial score (nSPS) is 16.4. The van der Waals surface area contributed by atoms with Crippen molar-refractivity contribution in [2.45, 2.75) is 37.2 Å². The predicted octanol–water partition coefficient (Wildman–Crippen LogP) is 1.03. The minimum atomic E-state index is -3.63. The first-order valence-electron chi connectivity index (χ1n) is 8.08. The van der Waals surface area contributed by atoms with E-state index >= 15 is 0 Å². The molecular formula is C16H26ClN3O4S. The van der Waals surface area contributed by atoms with Crippen molar-refractivity contribution < 1.29 is 17.9 Å². The number of ether oxygens (including phenoxy) is 1. The highest BCUT2D eigenvalue weighted by Gasteiger charge is 2.30. The van der Waals surface area contributed by atoms with Crippen LogP contribution in [-0.2, 0) is 14.8 Å².